The van der Waals surface area contributed by atoms with E-state index >= 15 is 0 Å². The van der Waals surface area contributed by atoms with Gasteiger partial charge in [0.25, 0.3) is 0 Å². The Morgan fingerprint density at radius 2 is 1.89 bits per heavy atom. The van der Waals surface area contributed by atoms with Crippen LogP contribution in [0.25, 0.3) is 0 Å². The number of carboxylic acids is 1. The Morgan fingerprint density at radius 3 is 2.33 bits per heavy atom. The van der Waals surface area contributed by atoms with E-state index in [1.807, 2.05) is 0 Å². The lowest BCUT2D eigenvalue weighted by Gasteiger charge is -2.41. The molecule has 0 aromatic rings. The number of hydrogen-bond donors (Lipinski definition) is 2. The van der Waals surface area contributed by atoms with Gasteiger partial charge in [0.15, 0.2) is 20.7 Å². The van der Waals surface area contributed by atoms with Gasteiger partial charge in [-0.15, -0.1) is 0 Å². The van der Waals surface area contributed by atoms with Crippen LogP contribution in [0.4, 0.5) is 0 Å². The summed E-state index contributed by atoms with van der Waals surface area (Å²) in [5.74, 6) is -1.04. The van der Waals surface area contributed by atoms with Gasteiger partial charge in [-0.1, -0.05) is 20.8 Å². The second-order valence-electron chi connectivity index (χ2n) is 6.39. The zero-order chi connectivity index (χ0) is 14.1. The zero-order valence-corrected chi connectivity index (χ0v) is 12.8. The summed E-state index contributed by atoms with van der Waals surface area (Å²) in [6, 6.07) is 0. The van der Waals surface area contributed by atoms with Gasteiger partial charge in [-0.05, 0) is 18.1 Å². The van der Waals surface area contributed by atoms with Crippen LogP contribution in [0.1, 0.15) is 33.6 Å². The zero-order valence-electron chi connectivity index (χ0n) is 11.8. The van der Waals surface area contributed by atoms with E-state index in [-0.39, 0.29) is 11.1 Å². The Morgan fingerprint density at radius 1 is 1.33 bits per heavy atom. The third-order valence-corrected chi connectivity index (χ3v) is 8.34. The van der Waals surface area contributed by atoms with E-state index in [1.54, 1.807) is 0 Å². The molecule has 5 nitrogen and oxygen atoms in total. The SMILES string of the molecule is CC(C)(C)[Si](C)(C)O[C@H]1C[C@@H](O)O[C@H](C(=O)O)C1. The first-order valence-electron chi connectivity index (χ1n) is 6.27. The van der Waals surface area contributed by atoms with Crippen molar-refractivity contribution in [3.63, 3.8) is 0 Å². The fraction of sp³-hybridized carbons (Fsp3) is 0.917. The average Bonchev–Trinajstić information content (AvgIpc) is 2.13. The second-order valence-corrected chi connectivity index (χ2v) is 11.1. The molecular formula is C12H24O5Si. The van der Waals surface area contributed by atoms with E-state index in [0.29, 0.717) is 12.8 Å². The number of aliphatic hydroxyl groups is 1. The predicted molar refractivity (Wildman–Crippen MR) is 69.8 cm³/mol. The van der Waals surface area contributed by atoms with Crippen molar-refractivity contribution >= 4 is 14.3 Å². The maximum Gasteiger partial charge on any atom is 0.333 e. The van der Waals surface area contributed by atoms with Crippen molar-refractivity contribution in [1.29, 1.82) is 0 Å². The largest absolute Gasteiger partial charge is 0.479 e. The summed E-state index contributed by atoms with van der Waals surface area (Å²) >= 11 is 0. The van der Waals surface area contributed by atoms with Gasteiger partial charge in [-0.2, -0.15) is 0 Å². The maximum absolute atomic E-state index is 10.9. The molecule has 0 aromatic heterocycles. The molecule has 1 heterocycles. The van der Waals surface area contributed by atoms with Gasteiger partial charge in [0, 0.05) is 12.8 Å². The summed E-state index contributed by atoms with van der Waals surface area (Å²) in [6.07, 6.45) is -1.61. The molecule has 3 atom stereocenters. The molecule has 0 aliphatic carbocycles. The molecule has 18 heavy (non-hydrogen) atoms. The molecule has 2 N–H and O–H groups in total. The minimum Gasteiger partial charge on any atom is -0.479 e. The van der Waals surface area contributed by atoms with Gasteiger partial charge in [0.1, 0.15) is 0 Å². The lowest BCUT2D eigenvalue weighted by atomic mass is 10.1. The monoisotopic (exact) mass is 276 g/mol. The first-order valence-corrected chi connectivity index (χ1v) is 9.18. The first kappa shape index (κ1) is 15.6. The van der Waals surface area contributed by atoms with Crippen molar-refractivity contribution in [3.8, 4) is 0 Å². The highest BCUT2D eigenvalue weighted by Gasteiger charge is 2.42. The molecule has 1 aliphatic heterocycles. The van der Waals surface area contributed by atoms with Crippen molar-refractivity contribution in [1.82, 2.24) is 0 Å². The number of aliphatic carboxylic acids is 1. The van der Waals surface area contributed by atoms with Crippen LogP contribution in [0.15, 0.2) is 0 Å². The van der Waals surface area contributed by atoms with Gasteiger partial charge in [-0.3, -0.25) is 0 Å². The summed E-state index contributed by atoms with van der Waals surface area (Å²) in [6.45, 7) is 10.6. The summed E-state index contributed by atoms with van der Waals surface area (Å²) in [7, 11) is -1.95. The van der Waals surface area contributed by atoms with Crippen LogP contribution in [0.5, 0.6) is 0 Å². The molecule has 0 radical (unpaired) electrons. The molecule has 1 rings (SSSR count). The Bertz CT molecular complexity index is 310. The number of aliphatic hydroxyl groups excluding tert-OH is 1. The summed E-state index contributed by atoms with van der Waals surface area (Å²) in [4.78, 5) is 10.9. The lowest BCUT2D eigenvalue weighted by Crippen LogP contribution is -2.49. The van der Waals surface area contributed by atoms with E-state index in [9.17, 15) is 9.90 Å². The predicted octanol–water partition coefficient (Wildman–Crippen LogP) is 1.96. The average molecular weight is 276 g/mol. The van der Waals surface area contributed by atoms with E-state index in [2.05, 4.69) is 33.9 Å². The standard InChI is InChI=1S/C12H24O5Si/c1-12(2,3)18(4,5)17-8-6-9(11(14)15)16-10(13)7-8/h8-10,13H,6-7H2,1-5H3,(H,14,15)/t8-,9+,10+/m1/s1. The molecular weight excluding hydrogens is 252 g/mol. The Balaban J connectivity index is 2.70. The molecule has 0 spiro atoms. The van der Waals surface area contributed by atoms with Gasteiger partial charge in [0.05, 0.1) is 6.10 Å². The number of ether oxygens (including phenoxy) is 1. The van der Waals surface area contributed by atoms with Crippen LogP contribution in [0.3, 0.4) is 0 Å². The van der Waals surface area contributed by atoms with E-state index in [4.69, 9.17) is 14.3 Å². The van der Waals surface area contributed by atoms with Gasteiger partial charge < -0.3 is 19.4 Å². The smallest absolute Gasteiger partial charge is 0.333 e. The molecule has 0 saturated carbocycles. The van der Waals surface area contributed by atoms with Crippen molar-refractivity contribution < 1.29 is 24.2 Å². The van der Waals surface area contributed by atoms with Crippen LogP contribution in [0.2, 0.25) is 18.1 Å². The third-order valence-electron chi connectivity index (χ3n) is 3.81. The van der Waals surface area contributed by atoms with Crippen LogP contribution < -0.4 is 0 Å². The number of hydrogen-bond acceptors (Lipinski definition) is 4. The fourth-order valence-corrected chi connectivity index (χ4v) is 3.09. The topological polar surface area (TPSA) is 76.0 Å². The lowest BCUT2D eigenvalue weighted by molar-refractivity contribution is -0.202. The highest BCUT2D eigenvalue weighted by atomic mass is 28.4. The van der Waals surface area contributed by atoms with Crippen molar-refractivity contribution in [2.45, 2.75) is 70.2 Å². The molecule has 106 valence electrons. The summed E-state index contributed by atoms with van der Waals surface area (Å²) in [5, 5.41) is 18.6. The van der Waals surface area contributed by atoms with Gasteiger partial charge in [-0.25, -0.2) is 4.79 Å². The minimum absolute atomic E-state index is 0.0645. The fourth-order valence-electron chi connectivity index (χ4n) is 1.71. The first-order chi connectivity index (χ1) is 8.03. The minimum atomic E-state index is -1.95. The maximum atomic E-state index is 10.9. The highest BCUT2D eigenvalue weighted by molar-refractivity contribution is 6.74. The molecule has 1 fully saturated rings. The molecule has 1 saturated heterocycles. The molecule has 0 aromatic carbocycles. The molecule has 0 unspecified atom stereocenters. The number of rotatable bonds is 3. The van der Waals surface area contributed by atoms with Crippen molar-refractivity contribution in [2.75, 3.05) is 0 Å². The Hall–Kier alpha value is -0.433. The molecule has 0 amide bonds. The normalized spacial score (nSPS) is 30.2. The highest BCUT2D eigenvalue weighted by Crippen LogP contribution is 2.39. The molecule has 6 heteroatoms. The summed E-state index contributed by atoms with van der Waals surface area (Å²) in [5.41, 5.74) is 0. The van der Waals surface area contributed by atoms with Crippen LogP contribution in [0, 0.1) is 0 Å². The van der Waals surface area contributed by atoms with Crippen LogP contribution >= 0.6 is 0 Å². The van der Waals surface area contributed by atoms with E-state index in [1.165, 1.54) is 0 Å². The van der Waals surface area contributed by atoms with Gasteiger partial charge in [0.2, 0.25) is 0 Å². The van der Waals surface area contributed by atoms with Gasteiger partial charge >= 0.3 is 5.97 Å². The Kier molecular flexibility index (Phi) is 4.59. The van der Waals surface area contributed by atoms with Crippen LogP contribution in [-0.2, 0) is 14.0 Å². The number of carbonyl (C=O) groups is 1. The third kappa shape index (κ3) is 3.78. The van der Waals surface area contributed by atoms with E-state index < -0.39 is 26.7 Å². The molecule has 0 bridgehead atoms. The molecule has 1 aliphatic rings. The number of carboxylic acid groups (broad SMARTS) is 1. The van der Waals surface area contributed by atoms with Crippen LogP contribution in [-0.4, -0.2) is 43.0 Å². The summed E-state index contributed by atoms with van der Waals surface area (Å²) < 4.78 is 11.1. The van der Waals surface area contributed by atoms with E-state index in [0.717, 1.165) is 0 Å². The second kappa shape index (κ2) is 5.28. The Labute approximate surface area is 109 Å². The quantitative estimate of drug-likeness (QED) is 0.771. The van der Waals surface area contributed by atoms with Crippen molar-refractivity contribution in [2.24, 2.45) is 0 Å². The van der Waals surface area contributed by atoms with Crippen molar-refractivity contribution in [3.05, 3.63) is 0 Å².